The first kappa shape index (κ1) is 11.0. The third-order valence-corrected chi connectivity index (χ3v) is 2.94. The van der Waals surface area contributed by atoms with E-state index >= 15 is 0 Å². The van der Waals surface area contributed by atoms with Gasteiger partial charge < -0.3 is 10.2 Å². The molecule has 1 saturated heterocycles. The fourth-order valence-electron chi connectivity index (χ4n) is 2.12. The second kappa shape index (κ2) is 5.53. The van der Waals surface area contributed by atoms with Crippen LogP contribution in [0.15, 0.2) is 30.3 Å². The smallest absolute Gasteiger partial charge is 0.0638 e. The molecule has 16 heavy (non-hydrogen) atoms. The van der Waals surface area contributed by atoms with Crippen LogP contribution in [0.25, 0.3) is 0 Å². The Morgan fingerprint density at radius 2 is 2.19 bits per heavy atom. The molecule has 0 aromatic heterocycles. The minimum Gasteiger partial charge on any atom is -0.370 e. The average Bonchev–Trinajstić information content (AvgIpc) is 2.56. The summed E-state index contributed by atoms with van der Waals surface area (Å²) in [6.07, 6.45) is 1.72. The summed E-state index contributed by atoms with van der Waals surface area (Å²) in [5.41, 5.74) is 1.26. The van der Waals surface area contributed by atoms with Crippen molar-refractivity contribution in [1.29, 1.82) is 5.26 Å². The third-order valence-electron chi connectivity index (χ3n) is 2.94. The van der Waals surface area contributed by atoms with Crippen molar-refractivity contribution in [2.45, 2.75) is 18.9 Å². The van der Waals surface area contributed by atoms with Crippen molar-refractivity contribution in [2.75, 3.05) is 24.5 Å². The van der Waals surface area contributed by atoms with Crippen molar-refractivity contribution in [3.63, 3.8) is 0 Å². The highest BCUT2D eigenvalue weighted by Crippen LogP contribution is 2.16. The van der Waals surface area contributed by atoms with E-state index in [1.807, 2.05) is 6.07 Å². The van der Waals surface area contributed by atoms with Crippen molar-refractivity contribution in [3.05, 3.63) is 30.3 Å². The fraction of sp³-hybridized carbons (Fsp3) is 0.462. The Kier molecular flexibility index (Phi) is 3.79. The summed E-state index contributed by atoms with van der Waals surface area (Å²) in [6, 6.07) is 13.0. The lowest BCUT2D eigenvalue weighted by Crippen LogP contribution is -2.37. The van der Waals surface area contributed by atoms with E-state index in [1.165, 1.54) is 5.69 Å². The second-order valence-electron chi connectivity index (χ2n) is 4.15. The Morgan fingerprint density at radius 3 is 2.94 bits per heavy atom. The van der Waals surface area contributed by atoms with Crippen LogP contribution in [-0.2, 0) is 0 Å². The van der Waals surface area contributed by atoms with Gasteiger partial charge >= 0.3 is 0 Å². The van der Waals surface area contributed by atoms with E-state index in [2.05, 4.69) is 40.6 Å². The van der Waals surface area contributed by atoms with Gasteiger partial charge in [0.1, 0.15) is 0 Å². The van der Waals surface area contributed by atoms with Crippen LogP contribution < -0.4 is 10.2 Å². The molecule has 1 aliphatic rings. The van der Waals surface area contributed by atoms with Gasteiger partial charge in [-0.2, -0.15) is 5.26 Å². The number of hydrogen-bond donors (Lipinski definition) is 1. The molecule has 84 valence electrons. The number of anilines is 1. The summed E-state index contributed by atoms with van der Waals surface area (Å²) in [5.74, 6) is 0. The Labute approximate surface area is 96.7 Å². The van der Waals surface area contributed by atoms with E-state index in [-0.39, 0.29) is 0 Å². The number of hydrogen-bond acceptors (Lipinski definition) is 3. The molecule has 0 spiro atoms. The van der Waals surface area contributed by atoms with Crippen molar-refractivity contribution < 1.29 is 0 Å². The van der Waals surface area contributed by atoms with Gasteiger partial charge in [0.2, 0.25) is 0 Å². The number of para-hydroxylation sites is 1. The summed E-state index contributed by atoms with van der Waals surface area (Å²) in [7, 11) is 0. The zero-order chi connectivity index (χ0) is 11.2. The van der Waals surface area contributed by atoms with Crippen molar-refractivity contribution in [3.8, 4) is 6.07 Å². The molecule has 1 heterocycles. The Balaban J connectivity index is 2.06. The van der Waals surface area contributed by atoms with Gasteiger partial charge in [-0.1, -0.05) is 18.2 Å². The molecule has 1 aromatic carbocycles. The largest absolute Gasteiger partial charge is 0.370 e. The number of nitriles is 1. The maximum Gasteiger partial charge on any atom is 0.0638 e. The van der Waals surface area contributed by atoms with Gasteiger partial charge in [-0.3, -0.25) is 0 Å². The van der Waals surface area contributed by atoms with E-state index in [4.69, 9.17) is 5.26 Å². The van der Waals surface area contributed by atoms with E-state index < -0.39 is 0 Å². The highest BCUT2D eigenvalue weighted by atomic mass is 15.2. The predicted molar refractivity (Wildman–Crippen MR) is 65.3 cm³/mol. The topological polar surface area (TPSA) is 39.1 Å². The standard InChI is InChI=1S/C13H17N3/c14-8-7-12-11-16(10-4-9-15-12)13-5-2-1-3-6-13/h1-3,5-6,12,15H,4,7,9-11H2. The lowest BCUT2D eigenvalue weighted by molar-refractivity contribution is 0.552. The van der Waals surface area contributed by atoms with Crippen molar-refractivity contribution in [2.24, 2.45) is 0 Å². The molecule has 0 radical (unpaired) electrons. The van der Waals surface area contributed by atoms with Crippen LogP contribution in [0.4, 0.5) is 5.69 Å². The summed E-state index contributed by atoms with van der Waals surface area (Å²) in [5, 5.41) is 12.2. The van der Waals surface area contributed by atoms with Crippen molar-refractivity contribution in [1.82, 2.24) is 5.32 Å². The molecule has 1 atom stereocenters. The molecule has 2 rings (SSSR count). The molecule has 3 heteroatoms. The molecule has 0 bridgehead atoms. The lowest BCUT2D eigenvalue weighted by Gasteiger charge is -2.25. The number of benzene rings is 1. The fourth-order valence-corrected chi connectivity index (χ4v) is 2.12. The van der Waals surface area contributed by atoms with Gasteiger partial charge in [0, 0.05) is 24.8 Å². The van der Waals surface area contributed by atoms with Gasteiger partial charge in [0.15, 0.2) is 0 Å². The van der Waals surface area contributed by atoms with E-state index in [0.717, 1.165) is 26.1 Å². The third kappa shape index (κ3) is 2.74. The normalized spacial score (nSPS) is 21.2. The molecule has 3 nitrogen and oxygen atoms in total. The van der Waals surface area contributed by atoms with Crippen LogP contribution in [0, 0.1) is 11.3 Å². The molecule has 1 aliphatic heterocycles. The molecule has 1 N–H and O–H groups in total. The highest BCUT2D eigenvalue weighted by molar-refractivity contribution is 5.46. The summed E-state index contributed by atoms with van der Waals surface area (Å²) >= 11 is 0. The first-order valence-corrected chi connectivity index (χ1v) is 5.80. The van der Waals surface area contributed by atoms with Crippen LogP contribution in [0.5, 0.6) is 0 Å². The van der Waals surface area contributed by atoms with Gasteiger partial charge in [0.05, 0.1) is 12.5 Å². The molecular weight excluding hydrogens is 198 g/mol. The van der Waals surface area contributed by atoms with Crippen LogP contribution in [0.3, 0.4) is 0 Å². The number of nitrogens with zero attached hydrogens (tertiary/aromatic N) is 2. The maximum absolute atomic E-state index is 8.76. The first-order valence-electron chi connectivity index (χ1n) is 5.80. The lowest BCUT2D eigenvalue weighted by atomic mass is 10.2. The SMILES string of the molecule is N#CCC1CN(c2ccccc2)CCCN1. The Morgan fingerprint density at radius 1 is 1.38 bits per heavy atom. The number of rotatable bonds is 2. The zero-order valence-corrected chi connectivity index (χ0v) is 9.39. The van der Waals surface area contributed by atoms with E-state index in [0.29, 0.717) is 12.5 Å². The number of nitrogens with one attached hydrogen (secondary N) is 1. The summed E-state index contributed by atoms with van der Waals surface area (Å²) in [4.78, 5) is 2.36. The van der Waals surface area contributed by atoms with Gasteiger partial charge in [-0.25, -0.2) is 0 Å². The molecule has 1 unspecified atom stereocenters. The molecule has 1 fully saturated rings. The zero-order valence-electron chi connectivity index (χ0n) is 9.39. The first-order chi connectivity index (χ1) is 7.90. The van der Waals surface area contributed by atoms with E-state index in [1.54, 1.807) is 0 Å². The van der Waals surface area contributed by atoms with Gasteiger partial charge in [-0.15, -0.1) is 0 Å². The highest BCUT2D eigenvalue weighted by Gasteiger charge is 2.17. The predicted octanol–water partition coefficient (Wildman–Crippen LogP) is 1.77. The molecule has 0 saturated carbocycles. The van der Waals surface area contributed by atoms with Crippen molar-refractivity contribution >= 4 is 5.69 Å². The van der Waals surface area contributed by atoms with Gasteiger partial charge in [-0.05, 0) is 25.1 Å². The quantitative estimate of drug-likeness (QED) is 0.817. The minimum absolute atomic E-state index is 0.299. The van der Waals surface area contributed by atoms with Crippen LogP contribution in [0.1, 0.15) is 12.8 Å². The Bertz CT molecular complexity index is 355. The molecule has 0 aliphatic carbocycles. The molecule has 0 amide bonds. The van der Waals surface area contributed by atoms with Crippen LogP contribution in [-0.4, -0.2) is 25.7 Å². The monoisotopic (exact) mass is 215 g/mol. The van der Waals surface area contributed by atoms with E-state index in [9.17, 15) is 0 Å². The Hall–Kier alpha value is -1.53. The van der Waals surface area contributed by atoms with Crippen LogP contribution in [0.2, 0.25) is 0 Å². The summed E-state index contributed by atoms with van der Waals surface area (Å²) in [6.45, 7) is 3.01. The minimum atomic E-state index is 0.299. The average molecular weight is 215 g/mol. The molecule has 1 aromatic rings. The van der Waals surface area contributed by atoms with Gasteiger partial charge in [0.25, 0.3) is 0 Å². The molecular formula is C13H17N3. The van der Waals surface area contributed by atoms with Crippen LogP contribution >= 0.6 is 0 Å². The summed E-state index contributed by atoms with van der Waals surface area (Å²) < 4.78 is 0. The second-order valence-corrected chi connectivity index (χ2v) is 4.15. The maximum atomic E-state index is 8.76.